The lowest BCUT2D eigenvalue weighted by Crippen LogP contribution is -2.24. The van der Waals surface area contributed by atoms with Crippen molar-refractivity contribution in [2.24, 2.45) is 0 Å². The molecule has 1 amide bonds. The van der Waals surface area contributed by atoms with E-state index in [0.29, 0.717) is 24.7 Å². The van der Waals surface area contributed by atoms with E-state index in [4.69, 9.17) is 4.52 Å². The Morgan fingerprint density at radius 3 is 2.56 bits per heavy atom. The number of anilines is 1. The molecule has 1 atom stereocenters. The first-order valence-electron chi connectivity index (χ1n) is 9.05. The first-order chi connectivity index (χ1) is 13.2. The van der Waals surface area contributed by atoms with Gasteiger partial charge in [0.15, 0.2) is 0 Å². The molecule has 1 aliphatic heterocycles. The molecule has 1 aromatic heterocycles. The SMILES string of the molecule is CCc1ccc(-c2noc(C3CC(=O)N(c4ccc(SC)cc4)C3)n2)cc1. The number of rotatable bonds is 5. The van der Waals surface area contributed by atoms with Crippen LogP contribution in [0.25, 0.3) is 11.4 Å². The smallest absolute Gasteiger partial charge is 0.232 e. The molecule has 2 aromatic carbocycles. The van der Waals surface area contributed by atoms with Crippen molar-refractivity contribution in [3.8, 4) is 11.4 Å². The average Bonchev–Trinajstić information content (AvgIpc) is 3.35. The van der Waals surface area contributed by atoms with E-state index < -0.39 is 0 Å². The van der Waals surface area contributed by atoms with Crippen molar-refractivity contribution in [2.75, 3.05) is 17.7 Å². The summed E-state index contributed by atoms with van der Waals surface area (Å²) in [7, 11) is 0. The molecule has 27 heavy (non-hydrogen) atoms. The van der Waals surface area contributed by atoms with Gasteiger partial charge in [-0.2, -0.15) is 4.98 Å². The van der Waals surface area contributed by atoms with Gasteiger partial charge in [0.05, 0.1) is 5.92 Å². The van der Waals surface area contributed by atoms with Gasteiger partial charge in [0.2, 0.25) is 17.6 Å². The Morgan fingerprint density at radius 2 is 1.89 bits per heavy atom. The van der Waals surface area contributed by atoms with Gasteiger partial charge in [0, 0.05) is 29.1 Å². The van der Waals surface area contributed by atoms with Crippen LogP contribution >= 0.6 is 11.8 Å². The zero-order valence-electron chi connectivity index (χ0n) is 15.4. The predicted molar refractivity (Wildman–Crippen MR) is 107 cm³/mol. The van der Waals surface area contributed by atoms with Crippen LogP contribution in [0.2, 0.25) is 0 Å². The number of hydrogen-bond donors (Lipinski definition) is 0. The number of aromatic nitrogens is 2. The summed E-state index contributed by atoms with van der Waals surface area (Å²) in [5, 5.41) is 4.11. The van der Waals surface area contributed by atoms with Gasteiger partial charge in [-0.05, 0) is 42.5 Å². The van der Waals surface area contributed by atoms with Crippen LogP contribution in [0.15, 0.2) is 57.9 Å². The third kappa shape index (κ3) is 3.62. The number of hydrogen-bond acceptors (Lipinski definition) is 5. The van der Waals surface area contributed by atoms with Gasteiger partial charge in [-0.1, -0.05) is 36.3 Å². The maximum Gasteiger partial charge on any atom is 0.232 e. The highest BCUT2D eigenvalue weighted by atomic mass is 32.2. The fourth-order valence-corrected chi connectivity index (χ4v) is 3.70. The Morgan fingerprint density at radius 1 is 1.15 bits per heavy atom. The van der Waals surface area contributed by atoms with Crippen molar-refractivity contribution in [2.45, 2.75) is 30.6 Å². The molecule has 0 spiro atoms. The molecule has 1 unspecified atom stereocenters. The van der Waals surface area contributed by atoms with Gasteiger partial charge < -0.3 is 9.42 Å². The number of carbonyl (C=O) groups is 1. The van der Waals surface area contributed by atoms with Crippen LogP contribution in [0.4, 0.5) is 5.69 Å². The van der Waals surface area contributed by atoms with E-state index in [1.165, 1.54) is 10.5 Å². The van der Waals surface area contributed by atoms with Crippen LogP contribution in [-0.4, -0.2) is 28.8 Å². The molecule has 5 nitrogen and oxygen atoms in total. The molecular formula is C21H21N3O2S. The van der Waals surface area contributed by atoms with E-state index in [0.717, 1.165) is 17.7 Å². The third-order valence-corrected chi connectivity index (χ3v) is 5.66. The fourth-order valence-electron chi connectivity index (χ4n) is 3.29. The van der Waals surface area contributed by atoms with E-state index in [9.17, 15) is 4.79 Å². The summed E-state index contributed by atoms with van der Waals surface area (Å²) in [5.74, 6) is 1.11. The zero-order valence-corrected chi connectivity index (χ0v) is 16.2. The highest BCUT2D eigenvalue weighted by molar-refractivity contribution is 7.98. The molecule has 0 N–H and O–H groups in total. The standard InChI is InChI=1S/C21H21N3O2S/c1-3-14-4-6-15(7-5-14)20-22-21(26-23-20)16-12-19(25)24(13-16)17-8-10-18(27-2)11-9-17/h4-11,16H,3,12-13H2,1-2H3. The first-order valence-corrected chi connectivity index (χ1v) is 10.3. The van der Waals surface area contributed by atoms with Crippen molar-refractivity contribution in [3.63, 3.8) is 0 Å². The van der Waals surface area contributed by atoms with Crippen LogP contribution < -0.4 is 4.90 Å². The van der Waals surface area contributed by atoms with Gasteiger partial charge in [0.1, 0.15) is 0 Å². The lowest BCUT2D eigenvalue weighted by molar-refractivity contribution is -0.117. The maximum atomic E-state index is 12.5. The lowest BCUT2D eigenvalue weighted by Gasteiger charge is -2.16. The molecule has 0 saturated carbocycles. The Balaban J connectivity index is 1.51. The highest BCUT2D eigenvalue weighted by Gasteiger charge is 2.35. The van der Waals surface area contributed by atoms with E-state index in [2.05, 4.69) is 29.2 Å². The third-order valence-electron chi connectivity index (χ3n) is 4.92. The molecule has 0 bridgehead atoms. The van der Waals surface area contributed by atoms with Crippen molar-refractivity contribution < 1.29 is 9.32 Å². The Hall–Kier alpha value is -2.60. The van der Waals surface area contributed by atoms with E-state index in [-0.39, 0.29) is 11.8 Å². The maximum absolute atomic E-state index is 12.5. The molecule has 138 valence electrons. The molecule has 1 saturated heterocycles. The average molecular weight is 379 g/mol. The molecule has 4 rings (SSSR count). The molecule has 3 aromatic rings. The zero-order chi connectivity index (χ0) is 18.8. The summed E-state index contributed by atoms with van der Waals surface area (Å²) in [6, 6.07) is 16.2. The molecule has 1 aliphatic rings. The molecule has 2 heterocycles. The molecule has 1 fully saturated rings. The van der Waals surface area contributed by atoms with Crippen LogP contribution in [-0.2, 0) is 11.2 Å². The van der Waals surface area contributed by atoms with E-state index in [1.807, 2.05) is 42.7 Å². The van der Waals surface area contributed by atoms with Crippen LogP contribution in [0.5, 0.6) is 0 Å². The second-order valence-electron chi connectivity index (χ2n) is 6.61. The Labute approximate surface area is 162 Å². The van der Waals surface area contributed by atoms with Crippen molar-refractivity contribution in [3.05, 3.63) is 60.0 Å². The Bertz CT molecular complexity index is 935. The van der Waals surface area contributed by atoms with Gasteiger partial charge in [0.25, 0.3) is 0 Å². The van der Waals surface area contributed by atoms with Crippen LogP contribution in [0.3, 0.4) is 0 Å². The normalized spacial score (nSPS) is 16.9. The topological polar surface area (TPSA) is 59.2 Å². The summed E-state index contributed by atoms with van der Waals surface area (Å²) in [4.78, 5) is 20.0. The number of benzene rings is 2. The van der Waals surface area contributed by atoms with Crippen molar-refractivity contribution in [1.29, 1.82) is 0 Å². The van der Waals surface area contributed by atoms with E-state index >= 15 is 0 Å². The van der Waals surface area contributed by atoms with Crippen molar-refractivity contribution in [1.82, 2.24) is 10.1 Å². The van der Waals surface area contributed by atoms with Gasteiger partial charge in [-0.3, -0.25) is 4.79 Å². The van der Waals surface area contributed by atoms with E-state index in [1.54, 1.807) is 16.7 Å². The molecule has 0 radical (unpaired) electrons. The van der Waals surface area contributed by atoms with Gasteiger partial charge in [-0.15, -0.1) is 11.8 Å². The quantitative estimate of drug-likeness (QED) is 0.609. The van der Waals surface area contributed by atoms with Gasteiger partial charge >= 0.3 is 0 Å². The monoisotopic (exact) mass is 379 g/mol. The first kappa shape index (κ1) is 17.8. The second kappa shape index (κ2) is 7.56. The minimum absolute atomic E-state index is 0.0751. The fraction of sp³-hybridized carbons (Fsp3) is 0.286. The highest BCUT2D eigenvalue weighted by Crippen LogP contribution is 2.32. The van der Waals surface area contributed by atoms with Crippen LogP contribution in [0.1, 0.15) is 30.7 Å². The van der Waals surface area contributed by atoms with Gasteiger partial charge in [-0.25, -0.2) is 0 Å². The summed E-state index contributed by atoms with van der Waals surface area (Å²) in [5.41, 5.74) is 3.11. The summed E-state index contributed by atoms with van der Waals surface area (Å²) < 4.78 is 5.49. The predicted octanol–water partition coefficient (Wildman–Crippen LogP) is 4.54. The lowest BCUT2D eigenvalue weighted by atomic mass is 10.1. The molecule has 6 heteroatoms. The number of carbonyl (C=O) groups excluding carboxylic acids is 1. The summed E-state index contributed by atoms with van der Waals surface area (Å²) >= 11 is 1.68. The molecular weight excluding hydrogens is 358 g/mol. The number of nitrogens with zero attached hydrogens (tertiary/aromatic N) is 3. The van der Waals surface area contributed by atoms with Crippen LogP contribution in [0, 0.1) is 0 Å². The summed E-state index contributed by atoms with van der Waals surface area (Å²) in [6.45, 7) is 2.69. The number of thioether (sulfide) groups is 1. The Kier molecular flexibility index (Phi) is 4.99. The minimum atomic E-state index is -0.0751. The minimum Gasteiger partial charge on any atom is -0.339 e. The number of aryl methyl sites for hydroxylation is 1. The largest absolute Gasteiger partial charge is 0.339 e. The molecule has 0 aliphatic carbocycles. The summed E-state index contributed by atoms with van der Waals surface area (Å²) in [6.07, 6.45) is 3.42. The number of amides is 1. The van der Waals surface area contributed by atoms with Crippen molar-refractivity contribution >= 4 is 23.4 Å². The second-order valence-corrected chi connectivity index (χ2v) is 7.49.